The number of rotatable bonds is 9. The third-order valence-electron chi connectivity index (χ3n) is 5.70. The van der Waals surface area contributed by atoms with E-state index in [2.05, 4.69) is 15.3 Å². The van der Waals surface area contributed by atoms with Gasteiger partial charge in [-0.05, 0) is 19.1 Å². The van der Waals surface area contributed by atoms with Crippen LogP contribution in [-0.2, 0) is 11.3 Å². The summed E-state index contributed by atoms with van der Waals surface area (Å²) in [5.41, 5.74) is 0.0875. The van der Waals surface area contributed by atoms with Crippen molar-refractivity contribution in [3.63, 3.8) is 0 Å². The minimum atomic E-state index is -1.11. The van der Waals surface area contributed by atoms with Gasteiger partial charge >= 0.3 is 6.03 Å². The number of carbonyl (C=O) groups excluding carboxylic acids is 1. The van der Waals surface area contributed by atoms with Gasteiger partial charge in [0.25, 0.3) is 0 Å². The van der Waals surface area contributed by atoms with Gasteiger partial charge in [0.2, 0.25) is 5.90 Å². The number of methoxy groups -OCH3 is 2. The average molecular weight is 539 g/mol. The van der Waals surface area contributed by atoms with E-state index in [9.17, 15) is 13.6 Å². The maximum absolute atomic E-state index is 14.5. The third kappa shape index (κ3) is 5.25. The summed E-state index contributed by atoms with van der Waals surface area (Å²) < 4.78 is 50.4. The summed E-state index contributed by atoms with van der Waals surface area (Å²) in [5.74, 6) is -1.11. The van der Waals surface area contributed by atoms with E-state index in [1.807, 2.05) is 0 Å². The predicted molar refractivity (Wildman–Crippen MR) is 132 cm³/mol. The lowest BCUT2D eigenvalue weighted by Crippen LogP contribution is -2.44. The Morgan fingerprint density at radius 1 is 1.14 bits per heavy atom. The molecule has 4 rings (SSSR count). The van der Waals surface area contributed by atoms with Crippen molar-refractivity contribution >= 4 is 35.1 Å². The summed E-state index contributed by atoms with van der Waals surface area (Å²) in [7, 11) is 2.77. The molecule has 10 nitrogen and oxygen atoms in total. The number of urea groups is 1. The van der Waals surface area contributed by atoms with Gasteiger partial charge in [0.1, 0.15) is 24.2 Å². The van der Waals surface area contributed by atoms with Gasteiger partial charge in [-0.1, -0.05) is 11.6 Å². The molecule has 0 saturated carbocycles. The minimum absolute atomic E-state index is 0.0935. The highest BCUT2D eigenvalue weighted by atomic mass is 35.5. The lowest BCUT2D eigenvalue weighted by atomic mass is 10.1. The summed E-state index contributed by atoms with van der Waals surface area (Å²) in [5, 5.41) is 12.0. The smallest absolute Gasteiger partial charge is 0.324 e. The number of hydrogen-bond acceptors (Lipinski definition) is 8. The van der Waals surface area contributed by atoms with Crippen molar-refractivity contribution in [1.82, 2.24) is 5.32 Å². The molecule has 0 spiro atoms. The zero-order chi connectivity index (χ0) is 26.7. The number of fused-ring (bicyclic) bond motifs is 1. The van der Waals surface area contributed by atoms with Crippen LogP contribution < -0.4 is 24.4 Å². The molecule has 0 aromatic heterocycles. The molecule has 2 atom stereocenters. The number of carbonyl (C=O) groups is 1. The van der Waals surface area contributed by atoms with Crippen LogP contribution in [0.3, 0.4) is 0 Å². The van der Waals surface area contributed by atoms with Crippen LogP contribution in [0.2, 0.25) is 5.02 Å². The highest BCUT2D eigenvalue weighted by Gasteiger charge is 2.46. The molecule has 1 fully saturated rings. The number of anilines is 1. The first-order valence-corrected chi connectivity index (χ1v) is 11.6. The van der Waals surface area contributed by atoms with E-state index >= 15 is 0 Å². The molecule has 1 saturated heterocycles. The van der Waals surface area contributed by atoms with Gasteiger partial charge < -0.3 is 29.4 Å². The molecule has 2 N–H and O–H groups in total. The molecule has 2 aliphatic heterocycles. The van der Waals surface area contributed by atoms with Crippen LogP contribution in [0.4, 0.5) is 19.3 Å². The lowest BCUT2D eigenvalue weighted by molar-refractivity contribution is 0.220. The molecule has 13 heteroatoms. The van der Waals surface area contributed by atoms with Crippen molar-refractivity contribution in [3.8, 4) is 17.2 Å². The van der Waals surface area contributed by atoms with E-state index in [4.69, 9.17) is 35.7 Å². The number of aliphatic hydroxyl groups is 1. The fourth-order valence-electron chi connectivity index (χ4n) is 3.97. The normalized spacial score (nSPS) is 18.6. The lowest BCUT2D eigenvalue weighted by Gasteiger charge is -2.27. The number of nitrogens with one attached hydrogen (secondary N) is 1. The van der Waals surface area contributed by atoms with Crippen molar-refractivity contribution in [2.45, 2.75) is 32.2 Å². The Morgan fingerprint density at radius 2 is 1.89 bits per heavy atom. The average Bonchev–Trinajstić information content (AvgIpc) is 3.20. The van der Waals surface area contributed by atoms with Gasteiger partial charge in [-0.2, -0.15) is 0 Å². The van der Waals surface area contributed by atoms with E-state index in [-0.39, 0.29) is 46.7 Å². The van der Waals surface area contributed by atoms with E-state index in [1.54, 1.807) is 6.92 Å². The van der Waals surface area contributed by atoms with Crippen molar-refractivity contribution < 1.29 is 37.6 Å². The Bertz CT molecular complexity index is 1260. The Labute approximate surface area is 216 Å². The second-order valence-corrected chi connectivity index (χ2v) is 8.46. The van der Waals surface area contributed by atoms with Crippen LogP contribution in [0, 0.1) is 11.6 Å². The number of hydrogen-bond donors (Lipinski definition) is 2. The molecule has 0 radical (unpaired) electrons. The van der Waals surface area contributed by atoms with Crippen molar-refractivity contribution in [2.75, 3.05) is 32.3 Å². The van der Waals surface area contributed by atoms with Crippen LogP contribution in [0.15, 0.2) is 34.3 Å². The maximum atomic E-state index is 14.5. The zero-order valence-electron chi connectivity index (χ0n) is 20.3. The summed E-state index contributed by atoms with van der Waals surface area (Å²) >= 11 is 6.56. The molecule has 0 bridgehead atoms. The number of halogens is 3. The largest absolute Gasteiger partial charge is 0.496 e. The Balaban J connectivity index is 1.72. The van der Waals surface area contributed by atoms with Crippen LogP contribution in [0.1, 0.15) is 18.9 Å². The molecule has 2 amide bonds. The summed E-state index contributed by atoms with van der Waals surface area (Å²) in [6.07, 6.45) is -0.413. The summed E-state index contributed by atoms with van der Waals surface area (Å²) in [6.45, 7) is 1.28. The highest BCUT2D eigenvalue weighted by molar-refractivity contribution is 6.34. The van der Waals surface area contributed by atoms with E-state index in [1.165, 1.54) is 37.3 Å². The van der Waals surface area contributed by atoms with Gasteiger partial charge in [-0.15, -0.1) is 0 Å². The second kappa shape index (κ2) is 11.2. The SMILES string of the molecule is COC1=NC(C)=NC2C1NC(=O)N2c1cc(OCc2c(OC)ccc(F)c2F)c(OCCCO)cc1Cl. The van der Waals surface area contributed by atoms with Crippen molar-refractivity contribution in [2.24, 2.45) is 9.98 Å². The molecular weight excluding hydrogens is 514 g/mol. The molecular formula is C24H25ClF2N4O6. The van der Waals surface area contributed by atoms with Gasteiger partial charge in [-0.3, -0.25) is 4.90 Å². The molecule has 2 heterocycles. The first-order chi connectivity index (χ1) is 17.8. The number of aliphatic imine (C=N–C) groups is 2. The van der Waals surface area contributed by atoms with Crippen molar-refractivity contribution in [3.05, 3.63) is 46.5 Å². The Morgan fingerprint density at radius 3 is 2.59 bits per heavy atom. The molecule has 2 aromatic rings. The zero-order valence-corrected chi connectivity index (χ0v) is 21.0. The summed E-state index contributed by atoms with van der Waals surface area (Å²) in [4.78, 5) is 23.0. The standard InChI is InChI=1S/C24H25ClF2N4O6/c1-12-28-22-21(23(29-12)35-3)30-24(33)31(22)16-10-19(18(9-14(16)25)36-8-4-7-32)37-11-13-17(34-2)6-5-15(26)20(13)27/h5-6,9-10,21-22,32H,4,7-8,11H2,1-3H3,(H,30,33). The van der Waals surface area contributed by atoms with E-state index in [0.717, 1.165) is 6.07 Å². The van der Waals surface area contributed by atoms with Gasteiger partial charge in [0.05, 0.1) is 37.1 Å². The minimum Gasteiger partial charge on any atom is -0.496 e. The van der Waals surface area contributed by atoms with E-state index in [0.29, 0.717) is 18.2 Å². The van der Waals surface area contributed by atoms with E-state index < -0.39 is 36.5 Å². The predicted octanol–water partition coefficient (Wildman–Crippen LogP) is 3.67. The molecule has 0 aliphatic carbocycles. The molecule has 2 aromatic carbocycles. The van der Waals surface area contributed by atoms with Crippen LogP contribution in [0.5, 0.6) is 17.2 Å². The quantitative estimate of drug-likeness (QED) is 0.471. The van der Waals surface area contributed by atoms with Crippen LogP contribution in [-0.4, -0.2) is 62.5 Å². The second-order valence-electron chi connectivity index (χ2n) is 8.05. The van der Waals surface area contributed by atoms with Gasteiger partial charge in [-0.25, -0.2) is 23.6 Å². The van der Waals surface area contributed by atoms with Crippen molar-refractivity contribution in [1.29, 1.82) is 0 Å². The van der Waals surface area contributed by atoms with Gasteiger partial charge in [0.15, 0.2) is 29.3 Å². The number of ether oxygens (including phenoxy) is 4. The molecule has 2 unspecified atom stereocenters. The molecule has 2 aliphatic rings. The molecule has 198 valence electrons. The van der Waals surface area contributed by atoms with Crippen LogP contribution >= 0.6 is 11.6 Å². The molecule has 37 heavy (non-hydrogen) atoms. The number of aliphatic hydroxyl groups excluding tert-OH is 1. The Kier molecular flexibility index (Phi) is 7.98. The highest BCUT2D eigenvalue weighted by Crippen LogP contribution is 2.41. The first-order valence-electron chi connectivity index (χ1n) is 11.3. The summed E-state index contributed by atoms with van der Waals surface area (Å²) in [6, 6.07) is 3.98. The fraction of sp³-hybridized carbons (Fsp3) is 0.375. The number of amides is 2. The first kappa shape index (κ1) is 26.4. The maximum Gasteiger partial charge on any atom is 0.324 e. The number of benzene rings is 2. The number of nitrogens with zero attached hydrogens (tertiary/aromatic N) is 3. The topological polar surface area (TPSA) is 114 Å². The number of amidine groups is 1. The third-order valence-corrected chi connectivity index (χ3v) is 6.01. The monoisotopic (exact) mass is 538 g/mol. The van der Waals surface area contributed by atoms with Crippen LogP contribution in [0.25, 0.3) is 0 Å². The fourth-order valence-corrected chi connectivity index (χ4v) is 4.22. The van der Waals surface area contributed by atoms with Gasteiger partial charge in [0, 0.05) is 25.2 Å². The Hall–Kier alpha value is -3.64.